The summed E-state index contributed by atoms with van der Waals surface area (Å²) < 4.78 is 37.8. The normalized spacial score (nSPS) is 15.6. The Morgan fingerprint density at radius 3 is 2.30 bits per heavy atom. The standard InChI is InChI=1S/C22H28N2O5S/c1-4-20(16-7-9-17(28-2)10-8-16)23-22(25)19-15-18(11-12-21(19)29-3)30(26,27)24-13-5-6-14-24/h7-12,15,20H,4-6,13-14H2,1-3H3,(H,23,25)/t20-/m1/s1. The fourth-order valence-corrected chi connectivity index (χ4v) is 5.14. The van der Waals surface area contributed by atoms with Crippen molar-refractivity contribution in [1.29, 1.82) is 0 Å². The van der Waals surface area contributed by atoms with Crippen LogP contribution in [0.5, 0.6) is 11.5 Å². The first-order valence-corrected chi connectivity index (χ1v) is 11.5. The van der Waals surface area contributed by atoms with Crippen molar-refractivity contribution in [3.8, 4) is 11.5 Å². The molecule has 2 aromatic carbocycles. The Morgan fingerprint density at radius 2 is 1.73 bits per heavy atom. The Hall–Kier alpha value is -2.58. The van der Waals surface area contributed by atoms with E-state index in [4.69, 9.17) is 9.47 Å². The summed E-state index contributed by atoms with van der Waals surface area (Å²) in [6.45, 7) is 2.98. The van der Waals surface area contributed by atoms with E-state index in [0.29, 0.717) is 25.3 Å². The summed E-state index contributed by atoms with van der Waals surface area (Å²) in [5, 5.41) is 2.99. The van der Waals surface area contributed by atoms with Crippen LogP contribution >= 0.6 is 0 Å². The number of sulfonamides is 1. The highest BCUT2D eigenvalue weighted by atomic mass is 32.2. The van der Waals surface area contributed by atoms with Crippen LogP contribution in [0.4, 0.5) is 0 Å². The van der Waals surface area contributed by atoms with Crippen LogP contribution in [0, 0.1) is 0 Å². The molecule has 1 N–H and O–H groups in total. The third-order valence-electron chi connectivity index (χ3n) is 5.35. The Kier molecular flexibility index (Phi) is 6.99. The lowest BCUT2D eigenvalue weighted by molar-refractivity contribution is 0.0932. The molecule has 1 fully saturated rings. The minimum atomic E-state index is -3.63. The van der Waals surface area contributed by atoms with Gasteiger partial charge in [0.15, 0.2) is 0 Å². The average Bonchev–Trinajstić information content (AvgIpc) is 3.33. The molecule has 2 aromatic rings. The van der Waals surface area contributed by atoms with Crippen molar-refractivity contribution in [3.63, 3.8) is 0 Å². The van der Waals surface area contributed by atoms with E-state index in [0.717, 1.165) is 24.2 Å². The number of methoxy groups -OCH3 is 2. The third-order valence-corrected chi connectivity index (χ3v) is 7.24. The van der Waals surface area contributed by atoms with E-state index in [2.05, 4.69) is 5.32 Å². The topological polar surface area (TPSA) is 84.9 Å². The van der Waals surface area contributed by atoms with Crippen LogP contribution in [-0.4, -0.2) is 45.9 Å². The Labute approximate surface area is 178 Å². The largest absolute Gasteiger partial charge is 0.497 e. The number of hydrogen-bond acceptors (Lipinski definition) is 5. The van der Waals surface area contributed by atoms with Gasteiger partial charge in [0, 0.05) is 13.1 Å². The SMILES string of the molecule is CC[C@@H](NC(=O)c1cc(S(=O)(=O)N2CCCC2)ccc1OC)c1ccc(OC)cc1. The summed E-state index contributed by atoms with van der Waals surface area (Å²) in [7, 11) is -0.569. The first kappa shape index (κ1) is 22.1. The van der Waals surface area contributed by atoms with Crippen LogP contribution < -0.4 is 14.8 Å². The molecule has 1 saturated heterocycles. The van der Waals surface area contributed by atoms with Crippen molar-refractivity contribution >= 4 is 15.9 Å². The van der Waals surface area contributed by atoms with Crippen molar-refractivity contribution in [2.75, 3.05) is 27.3 Å². The number of carbonyl (C=O) groups excluding carboxylic acids is 1. The van der Waals surface area contributed by atoms with Crippen molar-refractivity contribution in [2.45, 2.75) is 37.1 Å². The lowest BCUT2D eigenvalue weighted by Gasteiger charge is -2.20. The van der Waals surface area contributed by atoms with E-state index in [1.165, 1.54) is 29.6 Å². The highest BCUT2D eigenvalue weighted by molar-refractivity contribution is 7.89. The van der Waals surface area contributed by atoms with Crippen LogP contribution in [0.15, 0.2) is 47.4 Å². The molecule has 0 aromatic heterocycles. The van der Waals surface area contributed by atoms with Crippen molar-refractivity contribution in [3.05, 3.63) is 53.6 Å². The minimum absolute atomic E-state index is 0.104. The van der Waals surface area contributed by atoms with E-state index in [-0.39, 0.29) is 22.4 Å². The first-order valence-electron chi connectivity index (χ1n) is 10.0. The van der Waals surface area contributed by atoms with Gasteiger partial charge in [-0.2, -0.15) is 4.31 Å². The van der Waals surface area contributed by atoms with Gasteiger partial charge < -0.3 is 14.8 Å². The van der Waals surface area contributed by atoms with Crippen LogP contribution in [0.1, 0.15) is 48.1 Å². The van der Waals surface area contributed by atoms with Gasteiger partial charge in [0.25, 0.3) is 5.91 Å². The zero-order chi connectivity index (χ0) is 21.7. The lowest BCUT2D eigenvalue weighted by atomic mass is 10.0. The second-order valence-electron chi connectivity index (χ2n) is 7.18. The summed E-state index contributed by atoms with van der Waals surface area (Å²) in [5.74, 6) is 0.687. The zero-order valence-electron chi connectivity index (χ0n) is 17.6. The fourth-order valence-electron chi connectivity index (χ4n) is 3.60. The van der Waals surface area contributed by atoms with Gasteiger partial charge in [-0.3, -0.25) is 4.79 Å². The molecule has 0 bridgehead atoms. The molecule has 1 heterocycles. The van der Waals surface area contributed by atoms with E-state index in [9.17, 15) is 13.2 Å². The highest BCUT2D eigenvalue weighted by Gasteiger charge is 2.29. The van der Waals surface area contributed by atoms with E-state index in [1.807, 2.05) is 31.2 Å². The molecule has 1 amide bonds. The number of nitrogens with zero attached hydrogens (tertiary/aromatic N) is 1. The number of rotatable bonds is 8. The van der Waals surface area contributed by atoms with Gasteiger partial charge in [-0.25, -0.2) is 8.42 Å². The molecule has 0 aliphatic carbocycles. The molecule has 7 nitrogen and oxygen atoms in total. The van der Waals surface area contributed by atoms with Gasteiger partial charge >= 0.3 is 0 Å². The van der Waals surface area contributed by atoms with Crippen LogP contribution in [0.3, 0.4) is 0 Å². The van der Waals surface area contributed by atoms with E-state index in [1.54, 1.807) is 7.11 Å². The second-order valence-corrected chi connectivity index (χ2v) is 9.12. The maximum absolute atomic E-state index is 13.1. The monoisotopic (exact) mass is 432 g/mol. The fraction of sp³-hybridized carbons (Fsp3) is 0.409. The molecule has 0 spiro atoms. The van der Waals surface area contributed by atoms with Crippen molar-refractivity contribution in [2.24, 2.45) is 0 Å². The summed E-state index contributed by atoms with van der Waals surface area (Å²) >= 11 is 0. The Morgan fingerprint density at radius 1 is 1.07 bits per heavy atom. The average molecular weight is 433 g/mol. The molecular formula is C22H28N2O5S. The van der Waals surface area contributed by atoms with Crippen LogP contribution in [-0.2, 0) is 10.0 Å². The van der Waals surface area contributed by atoms with Gasteiger partial charge in [0.1, 0.15) is 11.5 Å². The number of carbonyl (C=O) groups is 1. The van der Waals surface area contributed by atoms with Crippen LogP contribution in [0.2, 0.25) is 0 Å². The second kappa shape index (κ2) is 9.49. The molecule has 3 rings (SSSR count). The number of amides is 1. The smallest absolute Gasteiger partial charge is 0.255 e. The molecule has 8 heteroatoms. The molecule has 30 heavy (non-hydrogen) atoms. The molecule has 1 aliphatic rings. The van der Waals surface area contributed by atoms with Crippen molar-refractivity contribution < 1.29 is 22.7 Å². The van der Waals surface area contributed by atoms with Crippen molar-refractivity contribution in [1.82, 2.24) is 9.62 Å². The molecular weight excluding hydrogens is 404 g/mol. The van der Waals surface area contributed by atoms with Gasteiger partial charge in [0.05, 0.1) is 30.7 Å². The highest BCUT2D eigenvalue weighted by Crippen LogP contribution is 2.28. The summed E-state index contributed by atoms with van der Waals surface area (Å²) in [4.78, 5) is 13.2. The number of hydrogen-bond donors (Lipinski definition) is 1. The zero-order valence-corrected chi connectivity index (χ0v) is 18.4. The Bertz CT molecular complexity index is 983. The molecule has 0 saturated carbocycles. The predicted octanol–water partition coefficient (Wildman–Crippen LogP) is 3.37. The number of nitrogens with one attached hydrogen (secondary N) is 1. The molecule has 162 valence electrons. The third kappa shape index (κ3) is 4.60. The summed E-state index contributed by atoms with van der Waals surface area (Å²) in [5.41, 5.74) is 1.14. The van der Waals surface area contributed by atoms with Crippen LogP contribution in [0.25, 0.3) is 0 Å². The number of ether oxygens (including phenoxy) is 2. The van der Waals surface area contributed by atoms with Gasteiger partial charge in [-0.05, 0) is 55.2 Å². The molecule has 1 aliphatic heterocycles. The maximum Gasteiger partial charge on any atom is 0.255 e. The summed E-state index contributed by atoms with van der Waals surface area (Å²) in [6.07, 6.45) is 2.37. The maximum atomic E-state index is 13.1. The van der Waals surface area contributed by atoms with Gasteiger partial charge in [0.2, 0.25) is 10.0 Å². The number of benzene rings is 2. The lowest BCUT2D eigenvalue weighted by Crippen LogP contribution is -2.30. The Balaban J connectivity index is 1.87. The molecule has 0 unspecified atom stereocenters. The quantitative estimate of drug-likeness (QED) is 0.691. The molecule has 1 atom stereocenters. The first-order chi connectivity index (χ1) is 14.4. The predicted molar refractivity (Wildman–Crippen MR) is 114 cm³/mol. The summed E-state index contributed by atoms with van der Waals surface area (Å²) in [6, 6.07) is 11.7. The molecule has 0 radical (unpaired) electrons. The van der Waals surface area contributed by atoms with Gasteiger partial charge in [-0.1, -0.05) is 19.1 Å². The van der Waals surface area contributed by atoms with E-state index < -0.39 is 10.0 Å². The van der Waals surface area contributed by atoms with E-state index >= 15 is 0 Å². The minimum Gasteiger partial charge on any atom is -0.497 e. The van der Waals surface area contributed by atoms with Gasteiger partial charge in [-0.15, -0.1) is 0 Å².